The van der Waals surface area contributed by atoms with Crippen molar-refractivity contribution in [3.8, 4) is 0 Å². The second kappa shape index (κ2) is 3.78. The summed E-state index contributed by atoms with van der Waals surface area (Å²) in [6.45, 7) is 10.5. The number of amides is 1. The lowest BCUT2D eigenvalue weighted by Crippen LogP contribution is -2.44. The lowest BCUT2D eigenvalue weighted by Gasteiger charge is -2.35. The first-order valence-electron chi connectivity index (χ1n) is 4.30. The fraction of sp³-hybridized carbons (Fsp3) is 0.889. The predicted octanol–water partition coefficient (Wildman–Crippen LogP) is 2.42. The second-order valence-corrected chi connectivity index (χ2v) is 4.11. The minimum atomic E-state index is -0.833. The van der Waals surface area contributed by atoms with Gasteiger partial charge in [-0.15, -0.1) is 0 Å². The molecule has 0 saturated heterocycles. The topological polar surface area (TPSA) is 40.5 Å². The Balaban J connectivity index is 4.42. The zero-order chi connectivity index (χ0) is 9.94. The Hall–Kier alpha value is -0.730. The van der Waals surface area contributed by atoms with Gasteiger partial charge in [-0.1, -0.05) is 20.8 Å². The summed E-state index contributed by atoms with van der Waals surface area (Å²) in [5.41, 5.74) is 0.00833. The Labute approximate surface area is 74.4 Å². The van der Waals surface area contributed by atoms with Crippen molar-refractivity contribution in [2.45, 2.75) is 40.7 Å². The molecular weight excluding hydrogens is 154 g/mol. The van der Waals surface area contributed by atoms with Crippen LogP contribution in [-0.4, -0.2) is 28.7 Å². The van der Waals surface area contributed by atoms with Crippen LogP contribution in [0.5, 0.6) is 0 Å². The average Bonchev–Trinajstić information content (AvgIpc) is 1.86. The van der Waals surface area contributed by atoms with Crippen molar-refractivity contribution in [3.63, 3.8) is 0 Å². The normalized spacial score (nSPS) is 14.1. The van der Waals surface area contributed by atoms with Crippen molar-refractivity contribution in [1.29, 1.82) is 0 Å². The average molecular weight is 173 g/mol. The molecule has 3 nitrogen and oxygen atoms in total. The molecule has 0 rings (SSSR count). The Morgan fingerprint density at radius 3 is 2.00 bits per heavy atom. The molecule has 3 heteroatoms. The van der Waals surface area contributed by atoms with Crippen molar-refractivity contribution >= 4 is 6.09 Å². The fourth-order valence-electron chi connectivity index (χ4n) is 1.04. The lowest BCUT2D eigenvalue weighted by atomic mass is 9.87. The molecule has 72 valence electrons. The number of rotatable bonds is 2. The van der Waals surface area contributed by atoms with E-state index in [4.69, 9.17) is 5.11 Å². The van der Waals surface area contributed by atoms with E-state index in [1.165, 1.54) is 4.90 Å². The summed E-state index contributed by atoms with van der Waals surface area (Å²) in [7, 11) is 0. The number of carboxylic acid groups (broad SMARTS) is 1. The highest BCUT2D eigenvalue weighted by molar-refractivity contribution is 5.65. The molecule has 12 heavy (non-hydrogen) atoms. The second-order valence-electron chi connectivity index (χ2n) is 4.11. The summed E-state index contributed by atoms with van der Waals surface area (Å²) in [6.07, 6.45) is -0.833. The molecule has 0 aromatic rings. The van der Waals surface area contributed by atoms with Gasteiger partial charge in [0.15, 0.2) is 0 Å². The Kier molecular flexibility index (Phi) is 3.55. The van der Waals surface area contributed by atoms with Crippen LogP contribution in [0.2, 0.25) is 0 Å². The van der Waals surface area contributed by atoms with E-state index >= 15 is 0 Å². The number of nitrogens with zero attached hydrogens (tertiary/aromatic N) is 1. The summed E-state index contributed by atoms with van der Waals surface area (Å²) in [4.78, 5) is 12.2. The highest BCUT2D eigenvalue weighted by Gasteiger charge is 2.28. The van der Waals surface area contributed by atoms with Gasteiger partial charge in [0.05, 0.1) is 0 Å². The first-order valence-corrected chi connectivity index (χ1v) is 4.30. The first kappa shape index (κ1) is 11.3. The molecular formula is C9H19NO2. The van der Waals surface area contributed by atoms with Crippen LogP contribution in [0.15, 0.2) is 0 Å². The van der Waals surface area contributed by atoms with E-state index in [0.29, 0.717) is 6.54 Å². The third kappa shape index (κ3) is 2.72. The molecule has 0 spiro atoms. The first-order chi connectivity index (χ1) is 5.30. The molecule has 0 aromatic carbocycles. The van der Waals surface area contributed by atoms with Gasteiger partial charge in [0.1, 0.15) is 0 Å². The smallest absolute Gasteiger partial charge is 0.407 e. The summed E-state index contributed by atoms with van der Waals surface area (Å²) >= 11 is 0. The molecule has 0 aliphatic carbocycles. The SMILES string of the molecule is CCN(C(=O)O)C(C)C(C)(C)C. The van der Waals surface area contributed by atoms with Gasteiger partial charge < -0.3 is 10.0 Å². The summed E-state index contributed by atoms with van der Waals surface area (Å²) < 4.78 is 0. The van der Waals surface area contributed by atoms with Crippen molar-refractivity contribution in [3.05, 3.63) is 0 Å². The van der Waals surface area contributed by atoms with Gasteiger partial charge in [-0.25, -0.2) is 4.79 Å². The zero-order valence-corrected chi connectivity index (χ0v) is 8.59. The van der Waals surface area contributed by atoms with E-state index in [1.54, 1.807) is 0 Å². The van der Waals surface area contributed by atoms with E-state index in [2.05, 4.69) is 0 Å². The van der Waals surface area contributed by atoms with Crippen LogP contribution < -0.4 is 0 Å². The van der Waals surface area contributed by atoms with Crippen LogP contribution >= 0.6 is 0 Å². The maximum atomic E-state index is 10.7. The van der Waals surface area contributed by atoms with Crippen LogP contribution in [0.3, 0.4) is 0 Å². The Morgan fingerprint density at radius 2 is 1.92 bits per heavy atom. The molecule has 1 amide bonds. The zero-order valence-electron chi connectivity index (χ0n) is 8.59. The van der Waals surface area contributed by atoms with E-state index in [1.807, 2.05) is 34.6 Å². The van der Waals surface area contributed by atoms with Crippen LogP contribution in [0, 0.1) is 5.41 Å². The van der Waals surface area contributed by atoms with Crippen LogP contribution in [0.4, 0.5) is 4.79 Å². The highest BCUT2D eigenvalue weighted by atomic mass is 16.4. The monoisotopic (exact) mass is 173 g/mol. The highest BCUT2D eigenvalue weighted by Crippen LogP contribution is 2.23. The number of carbonyl (C=O) groups is 1. The standard InChI is InChI=1S/C9H19NO2/c1-6-10(8(11)12)7(2)9(3,4)5/h7H,6H2,1-5H3,(H,11,12). The van der Waals surface area contributed by atoms with Gasteiger partial charge in [0.2, 0.25) is 0 Å². The number of hydrogen-bond donors (Lipinski definition) is 1. The summed E-state index contributed by atoms with van der Waals surface area (Å²) in [5.74, 6) is 0. The lowest BCUT2D eigenvalue weighted by molar-refractivity contribution is 0.0939. The fourth-order valence-corrected chi connectivity index (χ4v) is 1.04. The quantitative estimate of drug-likeness (QED) is 0.696. The van der Waals surface area contributed by atoms with Gasteiger partial charge in [-0.05, 0) is 19.3 Å². The molecule has 0 saturated carbocycles. The minimum Gasteiger partial charge on any atom is -0.465 e. The minimum absolute atomic E-state index is 0.00833. The van der Waals surface area contributed by atoms with E-state index < -0.39 is 6.09 Å². The van der Waals surface area contributed by atoms with Gasteiger partial charge in [0.25, 0.3) is 0 Å². The van der Waals surface area contributed by atoms with Gasteiger partial charge in [-0.3, -0.25) is 0 Å². The van der Waals surface area contributed by atoms with Crippen molar-refractivity contribution in [2.75, 3.05) is 6.54 Å². The van der Waals surface area contributed by atoms with E-state index in [9.17, 15) is 4.79 Å². The molecule has 0 aromatic heterocycles. The summed E-state index contributed by atoms with van der Waals surface area (Å²) in [6, 6.07) is 0.0556. The third-order valence-electron chi connectivity index (χ3n) is 2.31. The van der Waals surface area contributed by atoms with E-state index in [0.717, 1.165) is 0 Å². The van der Waals surface area contributed by atoms with Gasteiger partial charge in [0, 0.05) is 12.6 Å². The van der Waals surface area contributed by atoms with Crippen LogP contribution in [-0.2, 0) is 0 Å². The molecule has 0 heterocycles. The number of hydrogen-bond acceptors (Lipinski definition) is 1. The maximum absolute atomic E-state index is 10.7. The molecule has 0 aliphatic heterocycles. The summed E-state index contributed by atoms with van der Waals surface area (Å²) in [5, 5.41) is 8.83. The molecule has 0 bridgehead atoms. The maximum Gasteiger partial charge on any atom is 0.407 e. The van der Waals surface area contributed by atoms with Gasteiger partial charge >= 0.3 is 6.09 Å². The molecule has 1 unspecified atom stereocenters. The Morgan fingerprint density at radius 1 is 1.50 bits per heavy atom. The molecule has 0 fully saturated rings. The van der Waals surface area contributed by atoms with Crippen molar-refractivity contribution in [1.82, 2.24) is 4.90 Å². The van der Waals surface area contributed by atoms with E-state index in [-0.39, 0.29) is 11.5 Å². The molecule has 0 aliphatic rings. The van der Waals surface area contributed by atoms with Crippen LogP contribution in [0.1, 0.15) is 34.6 Å². The van der Waals surface area contributed by atoms with Gasteiger partial charge in [-0.2, -0.15) is 0 Å². The molecule has 0 radical (unpaired) electrons. The van der Waals surface area contributed by atoms with Crippen molar-refractivity contribution in [2.24, 2.45) is 5.41 Å². The predicted molar refractivity (Wildman–Crippen MR) is 49.3 cm³/mol. The largest absolute Gasteiger partial charge is 0.465 e. The Bertz CT molecular complexity index is 160. The molecule has 1 N–H and O–H groups in total. The third-order valence-corrected chi connectivity index (χ3v) is 2.31. The van der Waals surface area contributed by atoms with Crippen molar-refractivity contribution < 1.29 is 9.90 Å². The van der Waals surface area contributed by atoms with Crippen LogP contribution in [0.25, 0.3) is 0 Å². The molecule has 1 atom stereocenters.